The maximum Gasteiger partial charge on any atom is 0.151 e. The van der Waals surface area contributed by atoms with Crippen molar-refractivity contribution in [3.8, 4) is 11.4 Å². The Morgan fingerprint density at radius 2 is 2.31 bits per heavy atom. The molecule has 2 heterocycles. The van der Waals surface area contributed by atoms with Crippen molar-refractivity contribution in [1.82, 2.24) is 15.2 Å². The molecule has 0 aromatic carbocycles. The normalized spacial score (nSPS) is 10.2. The van der Waals surface area contributed by atoms with Crippen LogP contribution in [0.1, 0.15) is 0 Å². The van der Waals surface area contributed by atoms with E-state index in [4.69, 9.17) is 5.73 Å². The van der Waals surface area contributed by atoms with Gasteiger partial charge in [-0.1, -0.05) is 0 Å². The van der Waals surface area contributed by atoms with E-state index in [-0.39, 0.29) is 5.69 Å². The Kier molecular flexibility index (Phi) is 1.70. The molecule has 0 amide bonds. The van der Waals surface area contributed by atoms with Crippen molar-refractivity contribution in [2.24, 2.45) is 0 Å². The molecule has 4 nitrogen and oxygen atoms in total. The van der Waals surface area contributed by atoms with Gasteiger partial charge in [0.1, 0.15) is 11.4 Å². The lowest BCUT2D eigenvalue weighted by atomic mass is 10.2. The van der Waals surface area contributed by atoms with Crippen LogP contribution in [0.25, 0.3) is 11.4 Å². The van der Waals surface area contributed by atoms with Gasteiger partial charge >= 0.3 is 0 Å². The van der Waals surface area contributed by atoms with E-state index in [9.17, 15) is 4.39 Å². The molecule has 0 bridgehead atoms. The van der Waals surface area contributed by atoms with E-state index in [0.717, 1.165) is 0 Å². The fraction of sp³-hybridized carbons (Fsp3) is 0. The average molecular weight is 178 g/mol. The number of nitrogens with zero attached hydrogens (tertiary/aromatic N) is 2. The molecular formula is C8H7FN4. The van der Waals surface area contributed by atoms with Crippen molar-refractivity contribution in [3.63, 3.8) is 0 Å². The number of hydrogen-bond donors (Lipinski definition) is 2. The third-order valence-corrected chi connectivity index (χ3v) is 1.66. The molecular weight excluding hydrogens is 171 g/mol. The van der Waals surface area contributed by atoms with E-state index >= 15 is 0 Å². The molecule has 66 valence electrons. The van der Waals surface area contributed by atoms with Gasteiger partial charge in [0.15, 0.2) is 5.82 Å². The van der Waals surface area contributed by atoms with Crippen LogP contribution in [0.2, 0.25) is 0 Å². The quantitative estimate of drug-likeness (QED) is 0.689. The number of aromatic amines is 1. The van der Waals surface area contributed by atoms with Crippen molar-refractivity contribution in [3.05, 3.63) is 30.3 Å². The summed E-state index contributed by atoms with van der Waals surface area (Å²) in [5, 5.41) is 6.27. The average Bonchev–Trinajstić information content (AvgIpc) is 2.52. The van der Waals surface area contributed by atoms with Crippen LogP contribution in [0, 0.1) is 5.82 Å². The van der Waals surface area contributed by atoms with Gasteiger partial charge in [-0.2, -0.15) is 5.10 Å². The van der Waals surface area contributed by atoms with Crippen LogP contribution in [-0.4, -0.2) is 15.2 Å². The molecule has 13 heavy (non-hydrogen) atoms. The zero-order chi connectivity index (χ0) is 9.26. The van der Waals surface area contributed by atoms with Gasteiger partial charge in [-0.05, 0) is 12.1 Å². The van der Waals surface area contributed by atoms with E-state index in [1.165, 1.54) is 24.5 Å². The fourth-order valence-corrected chi connectivity index (χ4v) is 1.05. The summed E-state index contributed by atoms with van der Waals surface area (Å²) in [5.41, 5.74) is 6.53. The highest BCUT2D eigenvalue weighted by molar-refractivity contribution is 5.68. The van der Waals surface area contributed by atoms with E-state index in [1.54, 1.807) is 0 Å². The number of nitrogens with one attached hydrogen (secondary N) is 1. The molecule has 0 unspecified atom stereocenters. The molecule has 2 rings (SSSR count). The number of rotatable bonds is 1. The van der Waals surface area contributed by atoms with E-state index in [2.05, 4.69) is 15.2 Å². The monoisotopic (exact) mass is 178 g/mol. The lowest BCUT2D eigenvalue weighted by molar-refractivity contribution is 0.625. The minimum Gasteiger partial charge on any atom is -0.396 e. The van der Waals surface area contributed by atoms with Gasteiger partial charge < -0.3 is 5.73 Å². The zero-order valence-electron chi connectivity index (χ0n) is 6.66. The molecule has 0 aliphatic heterocycles. The molecule has 5 heteroatoms. The smallest absolute Gasteiger partial charge is 0.151 e. The number of pyridine rings is 1. The van der Waals surface area contributed by atoms with Crippen LogP contribution in [0.3, 0.4) is 0 Å². The summed E-state index contributed by atoms with van der Waals surface area (Å²) in [6.45, 7) is 0. The molecule has 0 aliphatic carbocycles. The first-order valence-corrected chi connectivity index (χ1v) is 3.69. The van der Waals surface area contributed by atoms with E-state index < -0.39 is 5.82 Å². The number of anilines is 1. The summed E-state index contributed by atoms with van der Waals surface area (Å²) in [6.07, 6.45) is 2.92. The summed E-state index contributed by atoms with van der Waals surface area (Å²) < 4.78 is 13.2. The first-order chi connectivity index (χ1) is 6.29. The van der Waals surface area contributed by atoms with Crippen molar-refractivity contribution in [1.29, 1.82) is 0 Å². The number of hydrogen-bond acceptors (Lipinski definition) is 3. The Morgan fingerprint density at radius 1 is 1.46 bits per heavy atom. The lowest BCUT2D eigenvalue weighted by Crippen LogP contribution is -1.92. The number of nitrogens with two attached hydrogens (primary N) is 1. The third-order valence-electron chi connectivity index (χ3n) is 1.66. The van der Waals surface area contributed by atoms with Gasteiger partial charge in [0, 0.05) is 6.20 Å². The molecule has 0 spiro atoms. The number of H-pyrrole nitrogens is 1. The van der Waals surface area contributed by atoms with Crippen LogP contribution >= 0.6 is 0 Å². The van der Waals surface area contributed by atoms with Gasteiger partial charge in [-0.3, -0.25) is 10.1 Å². The van der Waals surface area contributed by atoms with E-state index in [0.29, 0.717) is 11.4 Å². The molecule has 2 aromatic heterocycles. The SMILES string of the molecule is Nc1cn[nH]c1-c1ncccc1F. The Hall–Kier alpha value is -1.91. The maximum atomic E-state index is 13.2. The Labute approximate surface area is 73.6 Å². The van der Waals surface area contributed by atoms with Crippen LogP contribution in [0.15, 0.2) is 24.5 Å². The largest absolute Gasteiger partial charge is 0.396 e. The molecule has 0 saturated heterocycles. The lowest BCUT2D eigenvalue weighted by Gasteiger charge is -1.98. The summed E-state index contributed by atoms with van der Waals surface area (Å²) in [4.78, 5) is 3.86. The topological polar surface area (TPSA) is 67.6 Å². The molecule has 0 radical (unpaired) electrons. The highest BCUT2D eigenvalue weighted by Crippen LogP contribution is 2.22. The van der Waals surface area contributed by atoms with Crippen LogP contribution in [0.5, 0.6) is 0 Å². The number of nitrogen functional groups attached to an aromatic ring is 1. The van der Waals surface area contributed by atoms with Crippen molar-refractivity contribution in [2.75, 3.05) is 5.73 Å². The highest BCUT2D eigenvalue weighted by atomic mass is 19.1. The minimum absolute atomic E-state index is 0.192. The number of halogens is 1. The molecule has 0 aliphatic rings. The molecule has 2 aromatic rings. The van der Waals surface area contributed by atoms with Crippen LogP contribution < -0.4 is 5.73 Å². The summed E-state index contributed by atoms with van der Waals surface area (Å²) in [6, 6.07) is 2.84. The van der Waals surface area contributed by atoms with Crippen molar-refractivity contribution >= 4 is 5.69 Å². The molecule has 0 atom stereocenters. The second kappa shape index (κ2) is 2.85. The zero-order valence-corrected chi connectivity index (χ0v) is 6.66. The van der Waals surface area contributed by atoms with Gasteiger partial charge in [0.2, 0.25) is 0 Å². The first kappa shape index (κ1) is 7.72. The Balaban J connectivity index is 2.59. The van der Waals surface area contributed by atoms with Crippen molar-refractivity contribution in [2.45, 2.75) is 0 Å². The van der Waals surface area contributed by atoms with E-state index in [1.807, 2.05) is 0 Å². The van der Waals surface area contributed by atoms with Gasteiger partial charge in [-0.25, -0.2) is 4.39 Å². The third kappa shape index (κ3) is 1.24. The summed E-state index contributed by atoms with van der Waals surface area (Å²) >= 11 is 0. The van der Waals surface area contributed by atoms with Gasteiger partial charge in [0.05, 0.1) is 11.9 Å². The van der Waals surface area contributed by atoms with Gasteiger partial charge in [0.25, 0.3) is 0 Å². The highest BCUT2D eigenvalue weighted by Gasteiger charge is 2.10. The van der Waals surface area contributed by atoms with Crippen molar-refractivity contribution < 1.29 is 4.39 Å². The minimum atomic E-state index is -0.418. The fourth-order valence-electron chi connectivity index (χ4n) is 1.05. The summed E-state index contributed by atoms with van der Waals surface area (Å²) in [5.74, 6) is -0.418. The summed E-state index contributed by atoms with van der Waals surface area (Å²) in [7, 11) is 0. The predicted octanol–water partition coefficient (Wildman–Crippen LogP) is 1.19. The maximum absolute atomic E-state index is 13.2. The number of aromatic nitrogens is 3. The molecule has 0 saturated carbocycles. The Bertz CT molecular complexity index is 424. The van der Waals surface area contributed by atoms with Gasteiger partial charge in [-0.15, -0.1) is 0 Å². The second-order valence-electron chi connectivity index (χ2n) is 2.53. The molecule has 3 N–H and O–H groups in total. The van der Waals surface area contributed by atoms with Crippen LogP contribution in [0.4, 0.5) is 10.1 Å². The van der Waals surface area contributed by atoms with Crippen LogP contribution in [-0.2, 0) is 0 Å². The first-order valence-electron chi connectivity index (χ1n) is 3.69. The molecule has 0 fully saturated rings. The predicted molar refractivity (Wildman–Crippen MR) is 46.2 cm³/mol. The standard InChI is InChI=1S/C8H7FN4/c9-5-2-1-3-11-7(5)8-6(10)4-12-13-8/h1-4H,10H2,(H,12,13). The Morgan fingerprint density at radius 3 is 2.92 bits per heavy atom. The second-order valence-corrected chi connectivity index (χ2v) is 2.53.